The van der Waals surface area contributed by atoms with Gasteiger partial charge in [0.2, 0.25) is 0 Å². The van der Waals surface area contributed by atoms with Crippen LogP contribution < -0.4 is 15.8 Å². The quantitative estimate of drug-likeness (QED) is 0.808. The van der Waals surface area contributed by atoms with E-state index in [9.17, 15) is 0 Å². The first kappa shape index (κ1) is 15.6. The predicted octanol–water partition coefficient (Wildman–Crippen LogP) is 4.12. The van der Waals surface area contributed by atoms with E-state index in [0.717, 1.165) is 18.0 Å². The maximum Gasteiger partial charge on any atom is 0.197 e. The van der Waals surface area contributed by atoms with Crippen LogP contribution in [0.5, 0.6) is 5.75 Å². The van der Waals surface area contributed by atoms with Crippen molar-refractivity contribution < 1.29 is 4.74 Å². The lowest BCUT2D eigenvalue weighted by Gasteiger charge is -2.14. The Morgan fingerprint density at radius 3 is 2.62 bits per heavy atom. The van der Waals surface area contributed by atoms with Gasteiger partial charge in [-0.3, -0.25) is 0 Å². The third kappa shape index (κ3) is 4.36. The molecule has 1 unspecified atom stereocenters. The molecule has 0 aliphatic carbocycles. The number of benzene rings is 1. The summed E-state index contributed by atoms with van der Waals surface area (Å²) in [6, 6.07) is 10.5. The summed E-state index contributed by atoms with van der Waals surface area (Å²) in [5, 5.41) is 4.31. The Morgan fingerprint density at radius 2 is 1.95 bits per heavy atom. The van der Waals surface area contributed by atoms with Crippen LogP contribution in [0.1, 0.15) is 38.7 Å². The molecule has 114 valence electrons. The number of hydrogen-bond donors (Lipinski definition) is 2. The maximum absolute atomic E-state index is 5.85. The van der Waals surface area contributed by atoms with Gasteiger partial charge in [0.05, 0.1) is 6.10 Å². The van der Waals surface area contributed by atoms with Crippen molar-refractivity contribution in [3.05, 3.63) is 35.9 Å². The fourth-order valence-electron chi connectivity index (χ4n) is 2.11. The van der Waals surface area contributed by atoms with Gasteiger partial charge in [0.25, 0.3) is 0 Å². The number of aromatic nitrogens is 1. The van der Waals surface area contributed by atoms with Crippen molar-refractivity contribution in [1.29, 1.82) is 0 Å². The average molecular weight is 305 g/mol. The number of nitrogen functional groups attached to an aromatic ring is 1. The second kappa shape index (κ2) is 7.31. The number of ether oxygens (including phenoxy) is 1. The topological polar surface area (TPSA) is 60.2 Å². The molecule has 0 fully saturated rings. The predicted molar refractivity (Wildman–Crippen MR) is 90.3 cm³/mol. The van der Waals surface area contributed by atoms with Crippen LogP contribution in [-0.4, -0.2) is 17.0 Å². The van der Waals surface area contributed by atoms with Crippen LogP contribution in [-0.2, 0) is 0 Å². The van der Waals surface area contributed by atoms with Crippen molar-refractivity contribution in [1.82, 2.24) is 4.37 Å². The van der Waals surface area contributed by atoms with Gasteiger partial charge in [0.15, 0.2) is 16.6 Å². The first-order valence-corrected chi connectivity index (χ1v) is 8.06. The second-order valence-corrected chi connectivity index (χ2v) is 6.19. The van der Waals surface area contributed by atoms with Crippen molar-refractivity contribution >= 4 is 22.4 Å². The summed E-state index contributed by atoms with van der Waals surface area (Å²) in [7, 11) is 0. The summed E-state index contributed by atoms with van der Waals surface area (Å²) >= 11 is 1.35. The Morgan fingerprint density at radius 1 is 1.24 bits per heavy atom. The first-order valence-electron chi connectivity index (χ1n) is 7.28. The molecule has 1 aromatic heterocycles. The molecule has 2 aromatic rings. The number of nitrogens with zero attached hydrogens (tertiary/aromatic N) is 1. The number of rotatable bonds is 7. The molecule has 1 heterocycles. The minimum absolute atomic E-state index is 0.0903. The minimum Gasteiger partial charge on any atom is -0.484 e. The largest absolute Gasteiger partial charge is 0.484 e. The van der Waals surface area contributed by atoms with Gasteiger partial charge in [-0.25, -0.2) is 0 Å². The molecule has 0 radical (unpaired) electrons. The SMILES string of the molecule is CC(C)Oc1c(N)nsc1NCCC(C)c1ccccc1. The van der Waals surface area contributed by atoms with Crippen LogP contribution in [0, 0.1) is 0 Å². The molecule has 0 amide bonds. The van der Waals surface area contributed by atoms with Crippen molar-refractivity contribution in [2.45, 2.75) is 39.2 Å². The Hall–Kier alpha value is -1.75. The highest BCUT2D eigenvalue weighted by Crippen LogP contribution is 2.36. The van der Waals surface area contributed by atoms with Crippen LogP contribution in [0.2, 0.25) is 0 Å². The van der Waals surface area contributed by atoms with Crippen molar-refractivity contribution in [3.8, 4) is 5.75 Å². The highest BCUT2D eigenvalue weighted by molar-refractivity contribution is 7.11. The smallest absolute Gasteiger partial charge is 0.197 e. The molecular formula is C16H23N3OS. The Kier molecular flexibility index (Phi) is 5.44. The molecule has 4 nitrogen and oxygen atoms in total. The van der Waals surface area contributed by atoms with E-state index in [-0.39, 0.29) is 6.10 Å². The van der Waals surface area contributed by atoms with Crippen LogP contribution >= 0.6 is 11.5 Å². The van der Waals surface area contributed by atoms with Crippen LogP contribution in [0.25, 0.3) is 0 Å². The summed E-state index contributed by atoms with van der Waals surface area (Å²) in [5.74, 6) is 1.66. The van der Waals surface area contributed by atoms with E-state index >= 15 is 0 Å². The minimum atomic E-state index is 0.0903. The Balaban J connectivity index is 1.89. The summed E-state index contributed by atoms with van der Waals surface area (Å²) in [5.41, 5.74) is 7.21. The van der Waals surface area contributed by atoms with Gasteiger partial charge < -0.3 is 15.8 Å². The van der Waals surface area contributed by atoms with Crippen molar-refractivity contribution in [3.63, 3.8) is 0 Å². The molecule has 0 aliphatic rings. The van der Waals surface area contributed by atoms with E-state index < -0.39 is 0 Å². The average Bonchev–Trinajstić information content (AvgIpc) is 2.80. The van der Waals surface area contributed by atoms with Crippen molar-refractivity contribution in [2.75, 3.05) is 17.6 Å². The highest BCUT2D eigenvalue weighted by Gasteiger charge is 2.14. The third-order valence-corrected chi connectivity index (χ3v) is 4.06. The normalized spacial score (nSPS) is 12.4. The molecule has 0 saturated carbocycles. The van der Waals surface area contributed by atoms with E-state index in [1.54, 1.807) is 0 Å². The molecule has 21 heavy (non-hydrogen) atoms. The molecule has 0 aliphatic heterocycles. The zero-order valence-corrected chi connectivity index (χ0v) is 13.6. The molecular weight excluding hydrogens is 282 g/mol. The fraction of sp³-hybridized carbons (Fsp3) is 0.438. The molecule has 0 saturated heterocycles. The summed E-state index contributed by atoms with van der Waals surface area (Å²) in [6.45, 7) is 7.08. The van der Waals surface area contributed by atoms with Gasteiger partial charge in [-0.05, 0) is 43.3 Å². The lowest BCUT2D eigenvalue weighted by atomic mass is 9.98. The number of nitrogens with one attached hydrogen (secondary N) is 1. The number of nitrogens with two attached hydrogens (primary N) is 1. The maximum atomic E-state index is 5.85. The van der Waals surface area contributed by atoms with E-state index in [1.807, 2.05) is 19.9 Å². The fourth-order valence-corrected chi connectivity index (χ4v) is 2.78. The second-order valence-electron chi connectivity index (χ2n) is 5.42. The monoisotopic (exact) mass is 305 g/mol. The Bertz CT molecular complexity index is 554. The first-order chi connectivity index (χ1) is 10.1. The molecule has 3 N–H and O–H groups in total. The molecule has 2 rings (SSSR count). The van der Waals surface area contributed by atoms with E-state index in [0.29, 0.717) is 17.5 Å². The van der Waals surface area contributed by atoms with Gasteiger partial charge in [0.1, 0.15) is 0 Å². The van der Waals surface area contributed by atoms with Crippen LogP contribution in [0.15, 0.2) is 30.3 Å². The molecule has 5 heteroatoms. The summed E-state index contributed by atoms with van der Waals surface area (Å²) in [4.78, 5) is 0. The van der Waals surface area contributed by atoms with Gasteiger partial charge >= 0.3 is 0 Å². The standard InChI is InChI=1S/C16H23N3OS/c1-11(2)20-14-15(17)19-21-16(14)18-10-9-12(3)13-7-5-4-6-8-13/h4-8,11-12,18H,9-10H2,1-3H3,(H2,17,19). The summed E-state index contributed by atoms with van der Waals surface area (Å²) in [6.07, 6.45) is 1.13. The lowest BCUT2D eigenvalue weighted by molar-refractivity contribution is 0.245. The van der Waals surface area contributed by atoms with Crippen molar-refractivity contribution in [2.24, 2.45) is 0 Å². The van der Waals surface area contributed by atoms with E-state index in [1.165, 1.54) is 17.1 Å². The zero-order valence-electron chi connectivity index (χ0n) is 12.8. The van der Waals surface area contributed by atoms with Gasteiger partial charge in [-0.2, -0.15) is 4.37 Å². The van der Waals surface area contributed by atoms with Crippen LogP contribution in [0.4, 0.5) is 10.8 Å². The van der Waals surface area contributed by atoms with E-state index in [2.05, 4.69) is 40.9 Å². The van der Waals surface area contributed by atoms with Gasteiger partial charge in [0, 0.05) is 6.54 Å². The highest BCUT2D eigenvalue weighted by atomic mass is 32.1. The van der Waals surface area contributed by atoms with Crippen LogP contribution in [0.3, 0.4) is 0 Å². The number of anilines is 2. The zero-order chi connectivity index (χ0) is 15.2. The van der Waals surface area contributed by atoms with Gasteiger partial charge in [-0.15, -0.1) is 0 Å². The molecule has 0 bridgehead atoms. The molecule has 1 atom stereocenters. The van der Waals surface area contributed by atoms with E-state index in [4.69, 9.17) is 10.5 Å². The Labute approximate surface area is 130 Å². The third-order valence-electron chi connectivity index (χ3n) is 3.26. The summed E-state index contributed by atoms with van der Waals surface area (Å²) < 4.78 is 9.88. The number of hydrogen-bond acceptors (Lipinski definition) is 5. The molecule has 0 spiro atoms. The lowest BCUT2D eigenvalue weighted by Crippen LogP contribution is -2.10. The van der Waals surface area contributed by atoms with Gasteiger partial charge in [-0.1, -0.05) is 37.3 Å². The molecule has 1 aromatic carbocycles.